The van der Waals surface area contributed by atoms with E-state index in [-0.39, 0.29) is 6.04 Å². The molecule has 0 saturated carbocycles. The second-order valence-corrected chi connectivity index (χ2v) is 5.46. The summed E-state index contributed by atoms with van der Waals surface area (Å²) in [5.74, 6) is 0.856. The second kappa shape index (κ2) is 6.78. The molecule has 0 spiro atoms. The van der Waals surface area contributed by atoms with Gasteiger partial charge in [-0.25, -0.2) is 0 Å². The Morgan fingerprint density at radius 2 is 2.00 bits per heavy atom. The molecule has 0 aliphatic heterocycles. The lowest BCUT2D eigenvalue weighted by Gasteiger charge is -2.16. The fourth-order valence-electron chi connectivity index (χ4n) is 2.31. The molecule has 0 aliphatic carbocycles. The molecule has 2 aromatic carbocycles. The van der Waals surface area contributed by atoms with Crippen molar-refractivity contribution in [1.29, 1.82) is 0 Å². The van der Waals surface area contributed by atoms with Gasteiger partial charge in [0, 0.05) is 16.6 Å². The highest BCUT2D eigenvalue weighted by Crippen LogP contribution is 2.27. The largest absolute Gasteiger partial charge is 0.496 e. The molecule has 0 fully saturated rings. The van der Waals surface area contributed by atoms with E-state index in [9.17, 15) is 0 Å². The summed E-state index contributed by atoms with van der Waals surface area (Å²) in [4.78, 5) is 0. The van der Waals surface area contributed by atoms with Gasteiger partial charge in [-0.3, -0.25) is 0 Å². The zero-order valence-corrected chi connectivity index (χ0v) is 12.7. The molecule has 2 N–H and O–H groups in total. The number of rotatable bonds is 5. The van der Waals surface area contributed by atoms with E-state index < -0.39 is 0 Å². The van der Waals surface area contributed by atoms with Crippen molar-refractivity contribution in [1.82, 2.24) is 0 Å². The minimum Gasteiger partial charge on any atom is -0.496 e. The molecule has 0 bridgehead atoms. The first-order valence-electron chi connectivity index (χ1n) is 6.74. The van der Waals surface area contributed by atoms with Gasteiger partial charge in [0.05, 0.1) is 7.11 Å². The van der Waals surface area contributed by atoms with Crippen molar-refractivity contribution in [2.75, 3.05) is 7.11 Å². The molecule has 106 valence electrons. The lowest BCUT2D eigenvalue weighted by molar-refractivity contribution is 0.404. The predicted octanol–water partition coefficient (Wildman–Crippen LogP) is 4.29. The average molecular weight is 290 g/mol. The van der Waals surface area contributed by atoms with Gasteiger partial charge in [0.1, 0.15) is 5.75 Å². The quantitative estimate of drug-likeness (QED) is 0.891. The van der Waals surface area contributed by atoms with E-state index in [0.717, 1.165) is 29.2 Å². The predicted molar refractivity (Wildman–Crippen MR) is 84.4 cm³/mol. The van der Waals surface area contributed by atoms with Crippen LogP contribution in [0.2, 0.25) is 5.02 Å². The molecule has 3 heteroatoms. The third kappa shape index (κ3) is 3.75. The van der Waals surface area contributed by atoms with E-state index in [1.807, 2.05) is 30.3 Å². The molecular formula is C17H20ClNO. The zero-order valence-electron chi connectivity index (χ0n) is 11.9. The van der Waals surface area contributed by atoms with Crippen LogP contribution < -0.4 is 10.5 Å². The SMILES string of the molecule is COc1ccc(C)cc1C(N)CCc1cccc(Cl)c1. The van der Waals surface area contributed by atoms with Gasteiger partial charge >= 0.3 is 0 Å². The van der Waals surface area contributed by atoms with Crippen LogP contribution in [0.5, 0.6) is 5.75 Å². The summed E-state index contributed by atoms with van der Waals surface area (Å²) in [6, 6.07) is 14.0. The Morgan fingerprint density at radius 3 is 2.70 bits per heavy atom. The highest BCUT2D eigenvalue weighted by Gasteiger charge is 2.12. The van der Waals surface area contributed by atoms with Gasteiger partial charge in [0.2, 0.25) is 0 Å². The standard InChI is InChI=1S/C17H20ClNO/c1-12-6-9-17(20-2)15(10-12)16(19)8-7-13-4-3-5-14(18)11-13/h3-6,9-11,16H,7-8,19H2,1-2H3. The first-order chi connectivity index (χ1) is 9.60. The third-order valence-corrected chi connectivity index (χ3v) is 3.65. The van der Waals surface area contributed by atoms with Crippen molar-refractivity contribution < 1.29 is 4.74 Å². The van der Waals surface area contributed by atoms with Crippen LogP contribution in [0.4, 0.5) is 0 Å². The van der Waals surface area contributed by atoms with Gasteiger partial charge in [-0.05, 0) is 43.5 Å². The van der Waals surface area contributed by atoms with Crippen LogP contribution in [0.1, 0.15) is 29.2 Å². The summed E-state index contributed by atoms with van der Waals surface area (Å²) in [5.41, 5.74) is 9.78. The van der Waals surface area contributed by atoms with E-state index in [4.69, 9.17) is 22.1 Å². The number of methoxy groups -OCH3 is 1. The first-order valence-corrected chi connectivity index (χ1v) is 7.12. The number of ether oxygens (including phenoxy) is 1. The molecule has 1 unspecified atom stereocenters. The number of hydrogen-bond donors (Lipinski definition) is 1. The maximum atomic E-state index is 6.31. The van der Waals surface area contributed by atoms with E-state index >= 15 is 0 Å². The van der Waals surface area contributed by atoms with Gasteiger partial charge in [-0.15, -0.1) is 0 Å². The zero-order chi connectivity index (χ0) is 14.5. The fourth-order valence-corrected chi connectivity index (χ4v) is 2.53. The Kier molecular flexibility index (Phi) is 5.05. The van der Waals surface area contributed by atoms with Crippen LogP contribution in [0.3, 0.4) is 0 Å². The molecule has 1 atom stereocenters. The molecule has 0 heterocycles. The van der Waals surface area contributed by atoms with Crippen LogP contribution >= 0.6 is 11.6 Å². The van der Waals surface area contributed by atoms with E-state index in [0.29, 0.717) is 0 Å². The summed E-state index contributed by atoms with van der Waals surface area (Å²) in [6.07, 6.45) is 1.76. The highest BCUT2D eigenvalue weighted by atomic mass is 35.5. The number of nitrogens with two attached hydrogens (primary N) is 1. The molecule has 0 aliphatic rings. The van der Waals surface area contributed by atoms with Gasteiger partial charge in [-0.2, -0.15) is 0 Å². The maximum Gasteiger partial charge on any atom is 0.123 e. The number of hydrogen-bond acceptors (Lipinski definition) is 2. The average Bonchev–Trinajstić information content (AvgIpc) is 2.45. The van der Waals surface area contributed by atoms with Crippen molar-refractivity contribution in [3.05, 3.63) is 64.2 Å². The Hall–Kier alpha value is -1.51. The molecule has 2 aromatic rings. The van der Waals surface area contributed by atoms with Gasteiger partial charge < -0.3 is 10.5 Å². The van der Waals surface area contributed by atoms with Crippen LogP contribution in [0.25, 0.3) is 0 Å². The smallest absolute Gasteiger partial charge is 0.123 e. The van der Waals surface area contributed by atoms with Gasteiger partial charge in [0.15, 0.2) is 0 Å². The summed E-state index contributed by atoms with van der Waals surface area (Å²) in [7, 11) is 1.68. The molecular weight excluding hydrogens is 270 g/mol. The molecule has 0 amide bonds. The first kappa shape index (κ1) is 14.9. The van der Waals surface area contributed by atoms with Crippen LogP contribution in [0, 0.1) is 6.92 Å². The van der Waals surface area contributed by atoms with Crippen molar-refractivity contribution in [3.8, 4) is 5.75 Å². The third-order valence-electron chi connectivity index (χ3n) is 3.42. The monoisotopic (exact) mass is 289 g/mol. The van der Waals surface area contributed by atoms with Crippen molar-refractivity contribution in [2.24, 2.45) is 5.73 Å². The Bertz CT molecular complexity index is 583. The van der Waals surface area contributed by atoms with E-state index in [1.54, 1.807) is 7.11 Å². The number of halogens is 1. The topological polar surface area (TPSA) is 35.2 Å². The van der Waals surface area contributed by atoms with E-state index in [2.05, 4.69) is 19.1 Å². The Balaban J connectivity index is 2.08. The molecule has 0 aromatic heterocycles. The minimum atomic E-state index is -0.0381. The lowest BCUT2D eigenvalue weighted by atomic mass is 9.97. The molecule has 0 saturated heterocycles. The molecule has 2 nitrogen and oxygen atoms in total. The van der Waals surface area contributed by atoms with Gasteiger partial charge in [0.25, 0.3) is 0 Å². The fraction of sp³-hybridized carbons (Fsp3) is 0.294. The van der Waals surface area contributed by atoms with Crippen molar-refractivity contribution in [2.45, 2.75) is 25.8 Å². The Labute approximate surface area is 125 Å². The maximum absolute atomic E-state index is 6.31. The van der Waals surface area contributed by atoms with Crippen molar-refractivity contribution in [3.63, 3.8) is 0 Å². The number of aryl methyl sites for hydroxylation is 2. The summed E-state index contributed by atoms with van der Waals surface area (Å²) in [5, 5.41) is 0.768. The van der Waals surface area contributed by atoms with Crippen molar-refractivity contribution >= 4 is 11.6 Å². The number of benzene rings is 2. The highest BCUT2D eigenvalue weighted by molar-refractivity contribution is 6.30. The Morgan fingerprint density at radius 1 is 1.20 bits per heavy atom. The minimum absolute atomic E-state index is 0.0381. The van der Waals surface area contributed by atoms with Crippen LogP contribution in [-0.4, -0.2) is 7.11 Å². The van der Waals surface area contributed by atoms with Gasteiger partial charge in [-0.1, -0.05) is 41.4 Å². The lowest BCUT2D eigenvalue weighted by Crippen LogP contribution is -2.13. The molecule has 0 radical (unpaired) electrons. The molecule has 2 rings (SSSR count). The normalized spacial score (nSPS) is 12.2. The van der Waals surface area contributed by atoms with Crippen LogP contribution in [-0.2, 0) is 6.42 Å². The second-order valence-electron chi connectivity index (χ2n) is 5.02. The summed E-state index contributed by atoms with van der Waals surface area (Å²) < 4.78 is 5.39. The van der Waals surface area contributed by atoms with Crippen LogP contribution in [0.15, 0.2) is 42.5 Å². The summed E-state index contributed by atoms with van der Waals surface area (Å²) >= 11 is 5.99. The summed E-state index contributed by atoms with van der Waals surface area (Å²) in [6.45, 7) is 2.06. The van der Waals surface area contributed by atoms with E-state index in [1.165, 1.54) is 11.1 Å². The molecule has 20 heavy (non-hydrogen) atoms.